The van der Waals surface area contributed by atoms with E-state index in [1.165, 1.54) is 13.0 Å². The van der Waals surface area contributed by atoms with Gasteiger partial charge in [-0.1, -0.05) is 20.8 Å². The largest absolute Gasteiger partial charge is 0.463 e. The number of carbonyl (C=O) groups is 2. The standard InChI is InChI=1S/C11H19NO3/c1-6-15-10(14)7-9(11(3,4)5)12-8(2)13/h7H,6H2,1-5H3,(H,12,13)/b9-7-. The molecule has 4 heteroatoms. The van der Waals surface area contributed by atoms with Crippen LogP contribution < -0.4 is 5.32 Å². The van der Waals surface area contributed by atoms with Gasteiger partial charge >= 0.3 is 5.97 Å². The molecule has 15 heavy (non-hydrogen) atoms. The minimum absolute atomic E-state index is 0.194. The van der Waals surface area contributed by atoms with E-state index in [4.69, 9.17) is 4.74 Å². The number of hydrogen-bond acceptors (Lipinski definition) is 3. The molecule has 0 aromatic heterocycles. The third kappa shape index (κ3) is 5.88. The normalized spacial score (nSPS) is 12.2. The molecule has 0 aliphatic carbocycles. The number of esters is 1. The van der Waals surface area contributed by atoms with Gasteiger partial charge in [-0.3, -0.25) is 4.79 Å². The lowest BCUT2D eigenvalue weighted by atomic mass is 9.91. The van der Waals surface area contributed by atoms with Crippen LogP contribution in [0.4, 0.5) is 0 Å². The van der Waals surface area contributed by atoms with Gasteiger partial charge in [0.25, 0.3) is 0 Å². The van der Waals surface area contributed by atoms with E-state index in [1.807, 2.05) is 20.8 Å². The van der Waals surface area contributed by atoms with Gasteiger partial charge in [0.1, 0.15) is 0 Å². The van der Waals surface area contributed by atoms with Crippen LogP contribution in [0.25, 0.3) is 0 Å². The van der Waals surface area contributed by atoms with E-state index >= 15 is 0 Å². The summed E-state index contributed by atoms with van der Waals surface area (Å²) in [5, 5.41) is 2.63. The van der Waals surface area contributed by atoms with E-state index in [0.29, 0.717) is 12.3 Å². The van der Waals surface area contributed by atoms with Gasteiger partial charge in [-0.05, 0) is 6.92 Å². The highest BCUT2D eigenvalue weighted by atomic mass is 16.5. The van der Waals surface area contributed by atoms with E-state index in [2.05, 4.69) is 5.32 Å². The third-order valence-corrected chi connectivity index (χ3v) is 1.67. The van der Waals surface area contributed by atoms with Gasteiger partial charge in [-0.25, -0.2) is 4.79 Å². The molecular weight excluding hydrogens is 194 g/mol. The zero-order valence-corrected chi connectivity index (χ0v) is 10.0. The minimum Gasteiger partial charge on any atom is -0.463 e. The Labute approximate surface area is 90.7 Å². The quantitative estimate of drug-likeness (QED) is 0.572. The summed E-state index contributed by atoms with van der Waals surface area (Å²) in [5.74, 6) is -0.628. The Morgan fingerprint density at radius 1 is 1.33 bits per heavy atom. The molecule has 0 aromatic rings. The molecule has 0 unspecified atom stereocenters. The Hall–Kier alpha value is -1.32. The number of ether oxygens (including phenoxy) is 1. The Bertz CT molecular complexity index is 274. The van der Waals surface area contributed by atoms with Gasteiger partial charge in [-0.15, -0.1) is 0 Å². The van der Waals surface area contributed by atoms with Crippen molar-refractivity contribution in [3.05, 3.63) is 11.8 Å². The Morgan fingerprint density at radius 2 is 1.87 bits per heavy atom. The first kappa shape index (κ1) is 13.7. The molecule has 0 radical (unpaired) electrons. The van der Waals surface area contributed by atoms with Crippen LogP contribution in [0.3, 0.4) is 0 Å². The van der Waals surface area contributed by atoms with Crippen molar-refractivity contribution in [3.8, 4) is 0 Å². The van der Waals surface area contributed by atoms with E-state index < -0.39 is 5.97 Å². The smallest absolute Gasteiger partial charge is 0.332 e. The molecule has 4 nitrogen and oxygen atoms in total. The number of nitrogens with one attached hydrogen (secondary N) is 1. The lowest BCUT2D eigenvalue weighted by Crippen LogP contribution is -2.29. The molecule has 1 N–H and O–H groups in total. The summed E-state index contributed by atoms with van der Waals surface area (Å²) in [5.41, 5.74) is 0.270. The molecule has 0 atom stereocenters. The second-order valence-corrected chi connectivity index (χ2v) is 4.24. The Kier molecular flexibility index (Phi) is 5.05. The van der Waals surface area contributed by atoms with Gasteiger partial charge in [0.2, 0.25) is 5.91 Å². The molecule has 0 bridgehead atoms. The average Bonchev–Trinajstić information content (AvgIpc) is 2.00. The van der Waals surface area contributed by atoms with Crippen molar-refractivity contribution < 1.29 is 14.3 Å². The van der Waals surface area contributed by atoms with Crippen molar-refractivity contribution >= 4 is 11.9 Å². The van der Waals surface area contributed by atoms with Crippen molar-refractivity contribution in [2.24, 2.45) is 5.41 Å². The maximum atomic E-state index is 11.2. The first-order chi connectivity index (χ1) is 6.77. The van der Waals surface area contributed by atoms with Crippen LogP contribution in [0.5, 0.6) is 0 Å². The predicted octanol–water partition coefficient (Wildman–Crippen LogP) is 1.62. The summed E-state index contributed by atoms with van der Waals surface area (Å²) in [4.78, 5) is 22.2. The highest BCUT2D eigenvalue weighted by Gasteiger charge is 2.19. The Balaban J connectivity index is 4.77. The zero-order valence-electron chi connectivity index (χ0n) is 10.0. The Morgan fingerprint density at radius 3 is 2.20 bits per heavy atom. The van der Waals surface area contributed by atoms with E-state index in [1.54, 1.807) is 6.92 Å². The highest BCUT2D eigenvalue weighted by Crippen LogP contribution is 2.22. The van der Waals surface area contributed by atoms with Crippen LogP contribution in [-0.4, -0.2) is 18.5 Å². The number of carbonyl (C=O) groups excluding carboxylic acids is 2. The topological polar surface area (TPSA) is 55.4 Å². The number of amides is 1. The first-order valence-electron chi connectivity index (χ1n) is 4.94. The van der Waals surface area contributed by atoms with Crippen LogP contribution in [-0.2, 0) is 14.3 Å². The van der Waals surface area contributed by atoms with Gasteiger partial charge < -0.3 is 10.1 Å². The minimum atomic E-state index is -0.434. The molecule has 0 fully saturated rings. The first-order valence-corrected chi connectivity index (χ1v) is 4.94. The van der Waals surface area contributed by atoms with E-state index in [9.17, 15) is 9.59 Å². The van der Waals surface area contributed by atoms with Crippen LogP contribution in [0.15, 0.2) is 11.8 Å². The van der Waals surface area contributed by atoms with Crippen molar-refractivity contribution in [1.29, 1.82) is 0 Å². The fraction of sp³-hybridized carbons (Fsp3) is 0.636. The highest BCUT2D eigenvalue weighted by molar-refractivity contribution is 5.84. The van der Waals surface area contributed by atoms with Crippen LogP contribution in [0.2, 0.25) is 0 Å². The van der Waals surface area contributed by atoms with Crippen molar-refractivity contribution in [1.82, 2.24) is 5.32 Å². The fourth-order valence-electron chi connectivity index (χ4n) is 0.932. The predicted molar refractivity (Wildman–Crippen MR) is 58.0 cm³/mol. The molecule has 0 aliphatic heterocycles. The van der Waals surface area contributed by atoms with Gasteiger partial charge in [0, 0.05) is 24.1 Å². The van der Waals surface area contributed by atoms with E-state index in [0.717, 1.165) is 0 Å². The van der Waals surface area contributed by atoms with Gasteiger partial charge in [-0.2, -0.15) is 0 Å². The van der Waals surface area contributed by atoms with Crippen molar-refractivity contribution in [3.63, 3.8) is 0 Å². The second-order valence-electron chi connectivity index (χ2n) is 4.24. The zero-order chi connectivity index (χ0) is 12.1. The summed E-state index contributed by atoms with van der Waals surface area (Å²) in [6.45, 7) is 9.20. The fourth-order valence-corrected chi connectivity index (χ4v) is 0.932. The number of hydrogen-bond donors (Lipinski definition) is 1. The number of allylic oxidation sites excluding steroid dienone is 1. The van der Waals surface area contributed by atoms with Crippen LogP contribution in [0, 0.1) is 5.41 Å². The average molecular weight is 213 g/mol. The van der Waals surface area contributed by atoms with Crippen molar-refractivity contribution in [2.45, 2.75) is 34.6 Å². The van der Waals surface area contributed by atoms with E-state index in [-0.39, 0.29) is 11.3 Å². The number of rotatable bonds is 3. The van der Waals surface area contributed by atoms with Crippen molar-refractivity contribution in [2.75, 3.05) is 6.61 Å². The second kappa shape index (κ2) is 5.53. The summed E-state index contributed by atoms with van der Waals surface area (Å²) in [6.07, 6.45) is 1.32. The molecule has 0 aromatic carbocycles. The molecular formula is C11H19NO3. The van der Waals surface area contributed by atoms with Crippen LogP contribution >= 0.6 is 0 Å². The van der Waals surface area contributed by atoms with Gasteiger partial charge in [0.05, 0.1) is 6.61 Å². The molecule has 0 heterocycles. The molecule has 86 valence electrons. The van der Waals surface area contributed by atoms with Crippen LogP contribution in [0.1, 0.15) is 34.6 Å². The lowest BCUT2D eigenvalue weighted by molar-refractivity contribution is -0.137. The summed E-state index contributed by atoms with van der Waals surface area (Å²) in [6, 6.07) is 0. The molecule has 0 spiro atoms. The molecule has 0 aliphatic rings. The maximum Gasteiger partial charge on any atom is 0.332 e. The van der Waals surface area contributed by atoms with Gasteiger partial charge in [0.15, 0.2) is 0 Å². The summed E-state index contributed by atoms with van der Waals surface area (Å²) >= 11 is 0. The lowest BCUT2D eigenvalue weighted by Gasteiger charge is -2.22. The monoisotopic (exact) mass is 213 g/mol. The molecule has 0 saturated heterocycles. The maximum absolute atomic E-state index is 11.2. The third-order valence-electron chi connectivity index (χ3n) is 1.67. The molecule has 0 rings (SSSR count). The summed E-state index contributed by atoms with van der Waals surface area (Å²) < 4.78 is 4.78. The molecule has 0 saturated carbocycles. The SMILES string of the molecule is CCOC(=O)/C=C(\NC(C)=O)C(C)(C)C. The summed E-state index contributed by atoms with van der Waals surface area (Å²) in [7, 11) is 0. The molecule has 1 amide bonds.